The summed E-state index contributed by atoms with van der Waals surface area (Å²) >= 11 is 0. The summed E-state index contributed by atoms with van der Waals surface area (Å²) < 4.78 is 6.90. The van der Waals surface area contributed by atoms with Gasteiger partial charge in [0.1, 0.15) is 11.9 Å². The molecule has 1 aromatic heterocycles. The topological polar surface area (TPSA) is 70.2 Å². The van der Waals surface area contributed by atoms with E-state index in [4.69, 9.17) is 4.74 Å². The summed E-state index contributed by atoms with van der Waals surface area (Å²) in [7, 11) is 1.69. The average Bonchev–Trinajstić information content (AvgIpc) is 2.70. The Morgan fingerprint density at radius 2 is 2.33 bits per heavy atom. The SMILES string of the molecule is C=CCOCC(CC=C)c1c([N+](=O)[O-])cnn1C. The fraction of sp³-hybridized carbons (Fsp3) is 0.417. The lowest BCUT2D eigenvalue weighted by Gasteiger charge is -2.14. The molecule has 6 nitrogen and oxygen atoms in total. The summed E-state index contributed by atoms with van der Waals surface area (Å²) in [6.45, 7) is 8.02. The summed E-state index contributed by atoms with van der Waals surface area (Å²) in [5.74, 6) is -0.129. The first kappa shape index (κ1) is 14.1. The highest BCUT2D eigenvalue weighted by atomic mass is 16.6. The van der Waals surface area contributed by atoms with Gasteiger partial charge in [0.25, 0.3) is 0 Å². The third kappa shape index (κ3) is 3.27. The Kier molecular flexibility index (Phi) is 5.26. The third-order valence-corrected chi connectivity index (χ3v) is 2.55. The van der Waals surface area contributed by atoms with E-state index >= 15 is 0 Å². The molecule has 1 unspecified atom stereocenters. The zero-order valence-electron chi connectivity index (χ0n) is 10.4. The van der Waals surface area contributed by atoms with Crippen LogP contribution in [-0.4, -0.2) is 27.9 Å². The number of nitrogens with zero attached hydrogens (tertiary/aromatic N) is 3. The molecular weight excluding hydrogens is 234 g/mol. The summed E-state index contributed by atoms with van der Waals surface area (Å²) in [6, 6.07) is 0. The van der Waals surface area contributed by atoms with Crippen LogP contribution in [0.5, 0.6) is 0 Å². The van der Waals surface area contributed by atoms with Crippen molar-refractivity contribution in [1.29, 1.82) is 0 Å². The number of aromatic nitrogens is 2. The minimum atomic E-state index is -0.425. The van der Waals surface area contributed by atoms with Crippen LogP contribution < -0.4 is 0 Å². The van der Waals surface area contributed by atoms with Crippen LogP contribution in [-0.2, 0) is 11.8 Å². The Balaban J connectivity index is 2.96. The van der Waals surface area contributed by atoms with Crippen LogP contribution in [0.25, 0.3) is 0 Å². The summed E-state index contributed by atoms with van der Waals surface area (Å²) in [5.41, 5.74) is 0.579. The van der Waals surface area contributed by atoms with Crippen LogP contribution in [0.4, 0.5) is 5.69 Å². The van der Waals surface area contributed by atoms with Gasteiger partial charge in [-0.2, -0.15) is 5.10 Å². The van der Waals surface area contributed by atoms with Crippen molar-refractivity contribution in [3.8, 4) is 0 Å². The average molecular weight is 251 g/mol. The normalized spacial score (nSPS) is 12.1. The van der Waals surface area contributed by atoms with E-state index in [1.807, 2.05) is 0 Å². The molecule has 0 radical (unpaired) electrons. The van der Waals surface area contributed by atoms with E-state index < -0.39 is 4.92 Å². The highest BCUT2D eigenvalue weighted by molar-refractivity contribution is 5.36. The van der Waals surface area contributed by atoms with Crippen LogP contribution in [0.15, 0.2) is 31.5 Å². The Hall–Kier alpha value is -1.95. The number of nitro groups is 1. The molecule has 0 aliphatic carbocycles. The Morgan fingerprint density at radius 3 is 2.89 bits per heavy atom. The van der Waals surface area contributed by atoms with Crippen molar-refractivity contribution in [1.82, 2.24) is 9.78 Å². The molecule has 1 heterocycles. The third-order valence-electron chi connectivity index (χ3n) is 2.55. The van der Waals surface area contributed by atoms with Gasteiger partial charge >= 0.3 is 5.69 Å². The van der Waals surface area contributed by atoms with Crippen LogP contribution in [0.3, 0.4) is 0 Å². The standard InChI is InChI=1S/C12H17N3O3/c1-4-6-10(9-18-7-5-2)12-11(15(16)17)8-13-14(12)3/h4-5,8,10H,1-2,6-7,9H2,3H3. The lowest BCUT2D eigenvalue weighted by Crippen LogP contribution is -2.13. The first-order chi connectivity index (χ1) is 8.61. The zero-order chi connectivity index (χ0) is 13.5. The minimum Gasteiger partial charge on any atom is -0.377 e. The maximum atomic E-state index is 10.9. The molecule has 0 amide bonds. The summed E-state index contributed by atoms with van der Waals surface area (Å²) in [6.07, 6.45) is 5.22. The molecular formula is C12H17N3O3. The molecule has 0 N–H and O–H groups in total. The van der Waals surface area contributed by atoms with Crippen molar-refractivity contribution in [3.05, 3.63) is 47.3 Å². The van der Waals surface area contributed by atoms with Crippen LogP contribution in [0.1, 0.15) is 18.0 Å². The van der Waals surface area contributed by atoms with Gasteiger partial charge in [-0.05, 0) is 6.42 Å². The Morgan fingerprint density at radius 1 is 1.61 bits per heavy atom. The molecule has 0 saturated heterocycles. The van der Waals surface area contributed by atoms with E-state index in [1.54, 1.807) is 19.2 Å². The van der Waals surface area contributed by atoms with Gasteiger partial charge in [0.2, 0.25) is 0 Å². The van der Waals surface area contributed by atoms with E-state index in [9.17, 15) is 10.1 Å². The molecule has 6 heteroatoms. The van der Waals surface area contributed by atoms with E-state index in [0.717, 1.165) is 0 Å². The van der Waals surface area contributed by atoms with Gasteiger partial charge in [0, 0.05) is 13.0 Å². The fourth-order valence-corrected chi connectivity index (χ4v) is 1.80. The van der Waals surface area contributed by atoms with Crippen molar-refractivity contribution < 1.29 is 9.66 Å². The first-order valence-corrected chi connectivity index (χ1v) is 5.57. The molecule has 98 valence electrons. The minimum absolute atomic E-state index is 0.0200. The smallest absolute Gasteiger partial charge is 0.310 e. The number of hydrogen-bond acceptors (Lipinski definition) is 4. The van der Waals surface area contributed by atoms with Gasteiger partial charge in [-0.1, -0.05) is 12.2 Å². The van der Waals surface area contributed by atoms with Gasteiger partial charge in [0.05, 0.1) is 18.1 Å². The molecule has 1 aromatic rings. The monoisotopic (exact) mass is 251 g/mol. The predicted octanol–water partition coefficient (Wildman–Crippen LogP) is 2.19. The van der Waals surface area contributed by atoms with Crippen molar-refractivity contribution >= 4 is 5.69 Å². The van der Waals surface area contributed by atoms with E-state index in [2.05, 4.69) is 18.3 Å². The Bertz CT molecular complexity index is 440. The maximum absolute atomic E-state index is 10.9. The van der Waals surface area contributed by atoms with E-state index in [0.29, 0.717) is 25.3 Å². The van der Waals surface area contributed by atoms with Crippen LogP contribution in [0.2, 0.25) is 0 Å². The van der Waals surface area contributed by atoms with E-state index in [-0.39, 0.29) is 11.6 Å². The molecule has 18 heavy (non-hydrogen) atoms. The lowest BCUT2D eigenvalue weighted by atomic mass is 10.0. The number of rotatable bonds is 8. The molecule has 0 saturated carbocycles. The fourth-order valence-electron chi connectivity index (χ4n) is 1.80. The largest absolute Gasteiger partial charge is 0.377 e. The second-order valence-electron chi connectivity index (χ2n) is 3.84. The Labute approximate surface area is 106 Å². The predicted molar refractivity (Wildman–Crippen MR) is 68.4 cm³/mol. The highest BCUT2D eigenvalue weighted by Crippen LogP contribution is 2.28. The second-order valence-corrected chi connectivity index (χ2v) is 3.84. The molecule has 1 atom stereocenters. The second kappa shape index (κ2) is 6.70. The van der Waals surface area contributed by atoms with Gasteiger partial charge in [-0.15, -0.1) is 13.2 Å². The summed E-state index contributed by atoms with van der Waals surface area (Å²) in [5, 5.41) is 14.9. The molecule has 0 fully saturated rings. The maximum Gasteiger partial charge on any atom is 0.310 e. The van der Waals surface area contributed by atoms with E-state index in [1.165, 1.54) is 10.9 Å². The number of ether oxygens (including phenoxy) is 1. The van der Waals surface area contributed by atoms with Gasteiger partial charge in [0.15, 0.2) is 0 Å². The number of allylic oxidation sites excluding steroid dienone is 1. The number of aryl methyl sites for hydroxylation is 1. The van der Waals surface area contributed by atoms with Crippen molar-refractivity contribution in [2.45, 2.75) is 12.3 Å². The first-order valence-electron chi connectivity index (χ1n) is 5.57. The molecule has 0 aliphatic heterocycles. The lowest BCUT2D eigenvalue weighted by molar-refractivity contribution is -0.385. The summed E-state index contributed by atoms with van der Waals surface area (Å²) in [4.78, 5) is 10.5. The van der Waals surface area contributed by atoms with Gasteiger partial charge in [-0.25, -0.2) is 0 Å². The van der Waals surface area contributed by atoms with Crippen molar-refractivity contribution in [2.75, 3.05) is 13.2 Å². The highest BCUT2D eigenvalue weighted by Gasteiger charge is 2.26. The molecule has 0 aromatic carbocycles. The quantitative estimate of drug-likeness (QED) is 0.307. The van der Waals surface area contributed by atoms with Crippen LogP contribution >= 0.6 is 0 Å². The molecule has 0 bridgehead atoms. The number of hydrogen-bond donors (Lipinski definition) is 0. The molecule has 0 spiro atoms. The van der Waals surface area contributed by atoms with Crippen LogP contribution in [0, 0.1) is 10.1 Å². The molecule has 0 aliphatic rings. The van der Waals surface area contributed by atoms with Gasteiger partial charge < -0.3 is 4.74 Å². The molecule has 1 rings (SSSR count). The van der Waals surface area contributed by atoms with Crippen molar-refractivity contribution in [3.63, 3.8) is 0 Å². The van der Waals surface area contributed by atoms with Gasteiger partial charge in [-0.3, -0.25) is 14.8 Å². The zero-order valence-corrected chi connectivity index (χ0v) is 10.4. The van der Waals surface area contributed by atoms with Crippen molar-refractivity contribution in [2.24, 2.45) is 7.05 Å².